The highest BCUT2D eigenvalue weighted by Crippen LogP contribution is 2.16. The van der Waals surface area contributed by atoms with Crippen molar-refractivity contribution in [2.75, 3.05) is 0 Å². The summed E-state index contributed by atoms with van der Waals surface area (Å²) in [6, 6.07) is 0. The first-order valence-corrected chi connectivity index (χ1v) is 6.12. The van der Waals surface area contributed by atoms with E-state index in [0.717, 1.165) is 17.7 Å². The van der Waals surface area contributed by atoms with Crippen molar-refractivity contribution in [3.05, 3.63) is 28.4 Å². The van der Waals surface area contributed by atoms with Gasteiger partial charge in [0.2, 0.25) is 0 Å². The summed E-state index contributed by atoms with van der Waals surface area (Å²) in [5.74, 6) is -0.333. The van der Waals surface area contributed by atoms with Crippen LogP contribution >= 0.6 is 0 Å². The second kappa shape index (κ2) is 5.21. The van der Waals surface area contributed by atoms with Crippen molar-refractivity contribution < 1.29 is 14.4 Å². The normalized spacial score (nSPS) is 10.9. The molecular weight excluding hydrogens is 248 g/mol. The summed E-state index contributed by atoms with van der Waals surface area (Å²) in [6.45, 7) is 6.08. The van der Waals surface area contributed by atoms with E-state index in [0.29, 0.717) is 24.4 Å². The fourth-order valence-electron chi connectivity index (χ4n) is 1.99. The molecule has 19 heavy (non-hydrogen) atoms. The number of aryl methyl sites for hydroxylation is 2. The first-order chi connectivity index (χ1) is 9.04. The lowest BCUT2D eigenvalue weighted by molar-refractivity contribution is 0.0689. The van der Waals surface area contributed by atoms with Gasteiger partial charge in [-0.3, -0.25) is 0 Å². The largest absolute Gasteiger partial charge is 0.476 e. The Morgan fingerprint density at radius 2 is 2.16 bits per heavy atom. The Hall–Kier alpha value is -2.18. The van der Waals surface area contributed by atoms with E-state index in [2.05, 4.69) is 15.5 Å². The lowest BCUT2D eigenvalue weighted by Crippen LogP contribution is -2.10. The topological polar surface area (TPSA) is 94.0 Å². The Balaban J connectivity index is 2.37. The standard InChI is InChI=1S/C12H16N4O3/c1-4-5-10-11(12(17)18)13-15-16(10)6-9-7(2)14-19-8(9)3/h4-6H2,1-3H3,(H,17,18). The third-order valence-corrected chi connectivity index (χ3v) is 3.02. The SMILES string of the molecule is CCCc1c(C(=O)O)nnn1Cc1c(C)noc1C. The Labute approximate surface area is 110 Å². The van der Waals surface area contributed by atoms with Gasteiger partial charge in [0.05, 0.1) is 17.9 Å². The Morgan fingerprint density at radius 1 is 1.42 bits per heavy atom. The molecular formula is C12H16N4O3. The number of hydrogen-bond donors (Lipinski definition) is 1. The van der Waals surface area contributed by atoms with Crippen molar-refractivity contribution in [1.29, 1.82) is 0 Å². The zero-order chi connectivity index (χ0) is 14.0. The minimum absolute atomic E-state index is 0.0219. The summed E-state index contributed by atoms with van der Waals surface area (Å²) in [5, 5.41) is 20.6. The first kappa shape index (κ1) is 13.3. The highest BCUT2D eigenvalue weighted by Gasteiger charge is 2.20. The molecule has 0 saturated heterocycles. The van der Waals surface area contributed by atoms with Gasteiger partial charge in [-0.05, 0) is 20.3 Å². The molecule has 0 atom stereocenters. The van der Waals surface area contributed by atoms with Crippen molar-refractivity contribution in [2.45, 2.75) is 40.2 Å². The van der Waals surface area contributed by atoms with Crippen LogP contribution in [0.1, 0.15) is 46.5 Å². The van der Waals surface area contributed by atoms with Gasteiger partial charge in [-0.1, -0.05) is 23.7 Å². The van der Waals surface area contributed by atoms with Gasteiger partial charge in [0.1, 0.15) is 5.76 Å². The molecule has 2 rings (SSSR count). The maximum Gasteiger partial charge on any atom is 0.358 e. The van der Waals surface area contributed by atoms with Gasteiger partial charge in [0.15, 0.2) is 5.69 Å². The van der Waals surface area contributed by atoms with E-state index in [1.165, 1.54) is 0 Å². The molecule has 7 heteroatoms. The van der Waals surface area contributed by atoms with E-state index in [9.17, 15) is 4.79 Å². The quantitative estimate of drug-likeness (QED) is 0.881. The van der Waals surface area contributed by atoms with Crippen molar-refractivity contribution in [2.24, 2.45) is 0 Å². The summed E-state index contributed by atoms with van der Waals surface area (Å²) in [7, 11) is 0. The lowest BCUT2D eigenvalue weighted by atomic mass is 10.1. The third-order valence-electron chi connectivity index (χ3n) is 3.02. The van der Waals surface area contributed by atoms with Crippen LogP contribution in [0.5, 0.6) is 0 Å². The van der Waals surface area contributed by atoms with E-state index in [-0.39, 0.29) is 5.69 Å². The maximum atomic E-state index is 11.1. The number of rotatable bonds is 5. The molecule has 0 aliphatic rings. The first-order valence-electron chi connectivity index (χ1n) is 6.12. The van der Waals surface area contributed by atoms with E-state index in [4.69, 9.17) is 9.63 Å². The second-order valence-electron chi connectivity index (χ2n) is 4.40. The molecule has 0 fully saturated rings. The zero-order valence-electron chi connectivity index (χ0n) is 11.2. The smallest absolute Gasteiger partial charge is 0.358 e. The monoisotopic (exact) mass is 264 g/mol. The number of nitrogens with zero attached hydrogens (tertiary/aromatic N) is 4. The molecule has 7 nitrogen and oxygen atoms in total. The predicted molar refractivity (Wildman–Crippen MR) is 66.1 cm³/mol. The minimum Gasteiger partial charge on any atom is -0.476 e. The molecule has 102 valence electrons. The second-order valence-corrected chi connectivity index (χ2v) is 4.40. The van der Waals surface area contributed by atoms with Crippen molar-refractivity contribution in [3.8, 4) is 0 Å². The van der Waals surface area contributed by atoms with Crippen LogP contribution in [0.2, 0.25) is 0 Å². The molecule has 0 radical (unpaired) electrons. The molecule has 0 bridgehead atoms. The molecule has 2 aromatic heterocycles. The molecule has 0 aliphatic heterocycles. The van der Waals surface area contributed by atoms with Crippen LogP contribution in [0, 0.1) is 13.8 Å². The van der Waals surface area contributed by atoms with Gasteiger partial charge >= 0.3 is 5.97 Å². The summed E-state index contributed by atoms with van der Waals surface area (Å²) >= 11 is 0. The molecule has 0 amide bonds. The molecule has 0 unspecified atom stereocenters. The van der Waals surface area contributed by atoms with Gasteiger partial charge in [0.25, 0.3) is 0 Å². The molecule has 2 heterocycles. The van der Waals surface area contributed by atoms with Crippen LogP contribution in [0.3, 0.4) is 0 Å². The molecule has 0 aliphatic carbocycles. The Morgan fingerprint density at radius 3 is 2.68 bits per heavy atom. The van der Waals surface area contributed by atoms with E-state index >= 15 is 0 Å². The zero-order valence-corrected chi connectivity index (χ0v) is 11.2. The Kier molecular flexibility index (Phi) is 3.64. The fraction of sp³-hybridized carbons (Fsp3) is 0.500. The van der Waals surface area contributed by atoms with Gasteiger partial charge in [-0.15, -0.1) is 5.10 Å². The summed E-state index contributed by atoms with van der Waals surface area (Å²) in [4.78, 5) is 11.1. The van der Waals surface area contributed by atoms with E-state index < -0.39 is 5.97 Å². The van der Waals surface area contributed by atoms with Crippen LogP contribution in [-0.2, 0) is 13.0 Å². The number of aromatic carboxylic acids is 1. The molecule has 0 saturated carbocycles. The number of hydrogen-bond acceptors (Lipinski definition) is 5. The molecule has 0 spiro atoms. The molecule has 2 aromatic rings. The fourth-order valence-corrected chi connectivity index (χ4v) is 1.99. The van der Waals surface area contributed by atoms with Crippen LogP contribution in [0.25, 0.3) is 0 Å². The highest BCUT2D eigenvalue weighted by atomic mass is 16.5. The summed E-state index contributed by atoms with van der Waals surface area (Å²) < 4.78 is 6.70. The van der Waals surface area contributed by atoms with Crippen LogP contribution < -0.4 is 0 Å². The van der Waals surface area contributed by atoms with Gasteiger partial charge < -0.3 is 9.63 Å². The van der Waals surface area contributed by atoms with Crippen LogP contribution in [-0.4, -0.2) is 31.2 Å². The van der Waals surface area contributed by atoms with Crippen LogP contribution in [0.15, 0.2) is 4.52 Å². The predicted octanol–water partition coefficient (Wildman–Crippen LogP) is 1.58. The van der Waals surface area contributed by atoms with Crippen LogP contribution in [0.4, 0.5) is 0 Å². The number of carboxylic acid groups (broad SMARTS) is 1. The van der Waals surface area contributed by atoms with E-state index in [1.807, 2.05) is 20.8 Å². The minimum atomic E-state index is -1.05. The average Bonchev–Trinajstić information content (AvgIpc) is 2.89. The van der Waals surface area contributed by atoms with Gasteiger partial charge in [-0.25, -0.2) is 9.48 Å². The average molecular weight is 264 g/mol. The lowest BCUT2D eigenvalue weighted by Gasteiger charge is -2.05. The summed E-state index contributed by atoms with van der Waals surface area (Å²) in [6.07, 6.45) is 1.45. The summed E-state index contributed by atoms with van der Waals surface area (Å²) in [5.41, 5.74) is 2.36. The van der Waals surface area contributed by atoms with E-state index in [1.54, 1.807) is 4.68 Å². The maximum absolute atomic E-state index is 11.1. The number of aromatic nitrogens is 4. The number of carboxylic acids is 1. The van der Waals surface area contributed by atoms with Gasteiger partial charge in [0, 0.05) is 5.56 Å². The number of carbonyl (C=O) groups is 1. The molecule has 0 aromatic carbocycles. The van der Waals surface area contributed by atoms with Crippen molar-refractivity contribution >= 4 is 5.97 Å². The van der Waals surface area contributed by atoms with Gasteiger partial charge in [-0.2, -0.15) is 0 Å². The highest BCUT2D eigenvalue weighted by molar-refractivity contribution is 5.86. The third kappa shape index (κ3) is 2.49. The van der Waals surface area contributed by atoms with Crippen molar-refractivity contribution in [1.82, 2.24) is 20.2 Å². The van der Waals surface area contributed by atoms with Crippen molar-refractivity contribution in [3.63, 3.8) is 0 Å². The Bertz CT molecular complexity index is 581. The molecule has 1 N–H and O–H groups in total.